The zero-order valence-electron chi connectivity index (χ0n) is 12.5. The summed E-state index contributed by atoms with van der Waals surface area (Å²) in [5, 5.41) is 8.79. The number of nitrogens with zero attached hydrogens (tertiary/aromatic N) is 3. The first-order valence-corrected chi connectivity index (χ1v) is 8.29. The van der Waals surface area contributed by atoms with Crippen molar-refractivity contribution in [2.75, 3.05) is 7.05 Å². The quantitative estimate of drug-likeness (QED) is 0.626. The second-order valence-electron chi connectivity index (χ2n) is 5.28. The van der Waals surface area contributed by atoms with Gasteiger partial charge in [0, 0.05) is 11.0 Å². The highest BCUT2D eigenvalue weighted by atomic mass is 79.9. The Kier molecular flexibility index (Phi) is 5.10. The molecule has 0 amide bonds. The van der Waals surface area contributed by atoms with Gasteiger partial charge in [0.15, 0.2) is 0 Å². The van der Waals surface area contributed by atoms with Crippen LogP contribution in [0.25, 0.3) is 11.5 Å². The SMILES string of the molecule is CN(Cc1ccc(Br)cc1)Cc1nnc(-c2ccccc2Cl)o1. The molecule has 0 fully saturated rings. The van der Waals surface area contributed by atoms with Crippen LogP contribution >= 0.6 is 27.5 Å². The van der Waals surface area contributed by atoms with E-state index < -0.39 is 0 Å². The van der Waals surface area contributed by atoms with E-state index in [1.807, 2.05) is 37.4 Å². The first-order chi connectivity index (χ1) is 11.1. The molecule has 0 spiro atoms. The van der Waals surface area contributed by atoms with Crippen molar-refractivity contribution in [3.8, 4) is 11.5 Å². The highest BCUT2D eigenvalue weighted by Gasteiger charge is 2.13. The molecular weight excluding hydrogens is 378 g/mol. The van der Waals surface area contributed by atoms with Crippen LogP contribution in [0.2, 0.25) is 5.02 Å². The monoisotopic (exact) mass is 391 g/mol. The standard InChI is InChI=1S/C17H15BrClN3O/c1-22(10-12-6-8-13(18)9-7-12)11-16-20-21-17(23-16)14-4-2-3-5-15(14)19/h2-9H,10-11H2,1H3. The molecule has 0 aliphatic heterocycles. The summed E-state index contributed by atoms with van der Waals surface area (Å²) in [7, 11) is 2.02. The fourth-order valence-electron chi connectivity index (χ4n) is 2.25. The average molecular weight is 393 g/mol. The molecule has 0 saturated carbocycles. The topological polar surface area (TPSA) is 42.2 Å². The Hall–Kier alpha value is -1.69. The Balaban J connectivity index is 1.67. The van der Waals surface area contributed by atoms with Crippen LogP contribution < -0.4 is 0 Å². The lowest BCUT2D eigenvalue weighted by Crippen LogP contribution is -2.17. The first kappa shape index (κ1) is 16.2. The summed E-state index contributed by atoms with van der Waals surface area (Å²) in [5.41, 5.74) is 1.98. The lowest BCUT2D eigenvalue weighted by Gasteiger charge is -2.14. The van der Waals surface area contributed by atoms with Crippen molar-refractivity contribution in [1.29, 1.82) is 0 Å². The summed E-state index contributed by atoms with van der Waals surface area (Å²) in [6, 6.07) is 15.7. The molecule has 23 heavy (non-hydrogen) atoms. The van der Waals surface area contributed by atoms with E-state index in [0.717, 1.165) is 16.6 Å². The minimum atomic E-state index is 0.447. The smallest absolute Gasteiger partial charge is 0.249 e. The summed E-state index contributed by atoms with van der Waals surface area (Å²) >= 11 is 9.59. The van der Waals surface area contributed by atoms with Crippen molar-refractivity contribution in [1.82, 2.24) is 15.1 Å². The molecule has 0 unspecified atom stereocenters. The molecule has 0 bridgehead atoms. The number of benzene rings is 2. The molecule has 4 nitrogen and oxygen atoms in total. The molecule has 1 aromatic heterocycles. The number of halogens is 2. The van der Waals surface area contributed by atoms with E-state index in [4.69, 9.17) is 16.0 Å². The molecule has 118 valence electrons. The van der Waals surface area contributed by atoms with Crippen LogP contribution in [0.3, 0.4) is 0 Å². The molecule has 6 heteroatoms. The summed E-state index contributed by atoms with van der Waals surface area (Å²) in [6.07, 6.45) is 0. The van der Waals surface area contributed by atoms with Gasteiger partial charge in [0.25, 0.3) is 0 Å². The number of hydrogen-bond acceptors (Lipinski definition) is 4. The number of hydrogen-bond donors (Lipinski definition) is 0. The van der Waals surface area contributed by atoms with E-state index >= 15 is 0 Å². The molecular formula is C17H15BrClN3O. The fourth-order valence-corrected chi connectivity index (χ4v) is 2.73. The van der Waals surface area contributed by atoms with E-state index in [1.54, 1.807) is 6.07 Å². The molecule has 3 rings (SSSR count). The van der Waals surface area contributed by atoms with Crippen LogP contribution in [0.5, 0.6) is 0 Å². The van der Waals surface area contributed by atoms with Gasteiger partial charge in [-0.25, -0.2) is 0 Å². The van der Waals surface area contributed by atoms with E-state index in [0.29, 0.717) is 23.3 Å². The molecule has 0 radical (unpaired) electrons. The summed E-state index contributed by atoms with van der Waals surface area (Å²) in [6.45, 7) is 1.38. The van der Waals surface area contributed by atoms with Gasteiger partial charge in [-0.05, 0) is 36.9 Å². The molecule has 0 N–H and O–H groups in total. The van der Waals surface area contributed by atoms with Crippen LogP contribution in [0.1, 0.15) is 11.5 Å². The van der Waals surface area contributed by atoms with Crippen molar-refractivity contribution in [3.63, 3.8) is 0 Å². The molecule has 2 aromatic carbocycles. The predicted octanol–water partition coefficient (Wildman–Crippen LogP) is 4.78. The third kappa shape index (κ3) is 4.19. The van der Waals surface area contributed by atoms with Crippen LogP contribution in [0.4, 0.5) is 0 Å². The van der Waals surface area contributed by atoms with Gasteiger partial charge in [-0.1, -0.05) is 51.8 Å². The average Bonchev–Trinajstić information content (AvgIpc) is 2.98. The lowest BCUT2D eigenvalue weighted by atomic mass is 10.2. The van der Waals surface area contributed by atoms with Crippen LogP contribution in [-0.4, -0.2) is 22.1 Å². The molecule has 1 heterocycles. The Morgan fingerprint density at radius 1 is 1.04 bits per heavy atom. The Morgan fingerprint density at radius 3 is 2.52 bits per heavy atom. The molecule has 0 aliphatic carbocycles. The maximum absolute atomic E-state index is 6.15. The minimum Gasteiger partial charge on any atom is -0.419 e. The molecule has 0 atom stereocenters. The normalized spacial score (nSPS) is 11.1. The van der Waals surface area contributed by atoms with Gasteiger partial charge in [-0.3, -0.25) is 4.90 Å². The predicted molar refractivity (Wildman–Crippen MR) is 94.1 cm³/mol. The maximum atomic E-state index is 6.15. The second-order valence-corrected chi connectivity index (χ2v) is 6.60. The Morgan fingerprint density at radius 2 is 1.78 bits per heavy atom. The van der Waals surface area contributed by atoms with Gasteiger partial charge in [0.1, 0.15) is 0 Å². The van der Waals surface area contributed by atoms with Gasteiger partial charge in [0.2, 0.25) is 11.8 Å². The molecule has 0 aliphatic rings. The highest BCUT2D eigenvalue weighted by Crippen LogP contribution is 2.26. The Labute approximate surface area is 148 Å². The second kappa shape index (κ2) is 7.25. The summed E-state index contributed by atoms with van der Waals surface area (Å²) < 4.78 is 6.80. The van der Waals surface area contributed by atoms with Crippen LogP contribution in [-0.2, 0) is 13.1 Å². The van der Waals surface area contributed by atoms with Crippen molar-refractivity contribution in [2.45, 2.75) is 13.1 Å². The lowest BCUT2D eigenvalue weighted by molar-refractivity contribution is 0.283. The van der Waals surface area contributed by atoms with Gasteiger partial charge in [0.05, 0.1) is 17.1 Å². The zero-order valence-corrected chi connectivity index (χ0v) is 14.9. The van der Waals surface area contributed by atoms with E-state index in [2.05, 4.69) is 43.2 Å². The zero-order chi connectivity index (χ0) is 16.2. The molecule has 3 aromatic rings. The van der Waals surface area contributed by atoms with Gasteiger partial charge in [-0.15, -0.1) is 10.2 Å². The van der Waals surface area contributed by atoms with Crippen molar-refractivity contribution in [3.05, 3.63) is 69.5 Å². The minimum absolute atomic E-state index is 0.447. The van der Waals surface area contributed by atoms with Crippen molar-refractivity contribution < 1.29 is 4.42 Å². The summed E-state index contributed by atoms with van der Waals surface area (Å²) in [4.78, 5) is 2.12. The maximum Gasteiger partial charge on any atom is 0.249 e. The number of aromatic nitrogens is 2. The van der Waals surface area contributed by atoms with E-state index in [1.165, 1.54) is 5.56 Å². The van der Waals surface area contributed by atoms with Crippen molar-refractivity contribution in [2.24, 2.45) is 0 Å². The summed E-state index contributed by atoms with van der Waals surface area (Å²) in [5.74, 6) is 1.02. The largest absolute Gasteiger partial charge is 0.419 e. The van der Waals surface area contributed by atoms with Crippen LogP contribution in [0.15, 0.2) is 57.4 Å². The Bertz CT molecular complexity index is 789. The third-order valence-electron chi connectivity index (χ3n) is 3.34. The first-order valence-electron chi connectivity index (χ1n) is 7.12. The van der Waals surface area contributed by atoms with E-state index in [9.17, 15) is 0 Å². The van der Waals surface area contributed by atoms with Crippen molar-refractivity contribution >= 4 is 27.5 Å². The third-order valence-corrected chi connectivity index (χ3v) is 4.20. The van der Waals surface area contributed by atoms with E-state index in [-0.39, 0.29) is 0 Å². The van der Waals surface area contributed by atoms with Gasteiger partial charge < -0.3 is 4.42 Å². The number of rotatable bonds is 5. The van der Waals surface area contributed by atoms with Crippen LogP contribution in [0, 0.1) is 0 Å². The highest BCUT2D eigenvalue weighted by molar-refractivity contribution is 9.10. The molecule has 0 saturated heterocycles. The van der Waals surface area contributed by atoms with Gasteiger partial charge >= 0.3 is 0 Å². The fraction of sp³-hybridized carbons (Fsp3) is 0.176. The van der Waals surface area contributed by atoms with Gasteiger partial charge in [-0.2, -0.15) is 0 Å².